The van der Waals surface area contributed by atoms with Gasteiger partial charge in [-0.2, -0.15) is 15.8 Å². The molecule has 0 aliphatic carbocycles. The molecule has 7 heteroatoms. The SMILES string of the molecule is COc1cc(NC(C#N)=C(C#N)C#N)c(F)c(OC)c1. The second-order valence-electron chi connectivity index (χ2n) is 3.40. The van der Waals surface area contributed by atoms with Crippen molar-refractivity contribution in [3.63, 3.8) is 0 Å². The maximum Gasteiger partial charge on any atom is 0.188 e. The number of benzene rings is 1. The Morgan fingerprint density at radius 1 is 1.10 bits per heavy atom. The number of allylic oxidation sites excluding steroid dienone is 2. The fraction of sp³-hybridized carbons (Fsp3) is 0.154. The van der Waals surface area contributed by atoms with Crippen LogP contribution in [0.3, 0.4) is 0 Å². The first-order valence-electron chi connectivity index (χ1n) is 5.24. The van der Waals surface area contributed by atoms with Crippen molar-refractivity contribution in [2.45, 2.75) is 0 Å². The molecule has 6 nitrogen and oxygen atoms in total. The van der Waals surface area contributed by atoms with Crippen molar-refractivity contribution in [1.29, 1.82) is 15.8 Å². The summed E-state index contributed by atoms with van der Waals surface area (Å²) in [6, 6.07) is 7.33. The van der Waals surface area contributed by atoms with Crippen LogP contribution in [-0.4, -0.2) is 14.2 Å². The summed E-state index contributed by atoms with van der Waals surface area (Å²) in [7, 11) is 2.66. The van der Waals surface area contributed by atoms with E-state index in [0.29, 0.717) is 5.75 Å². The highest BCUT2D eigenvalue weighted by atomic mass is 19.1. The number of anilines is 1. The van der Waals surface area contributed by atoms with Gasteiger partial charge >= 0.3 is 0 Å². The number of methoxy groups -OCH3 is 2. The zero-order valence-electron chi connectivity index (χ0n) is 10.7. The smallest absolute Gasteiger partial charge is 0.188 e. The van der Waals surface area contributed by atoms with Crippen LogP contribution in [0.1, 0.15) is 0 Å². The maximum atomic E-state index is 14.0. The standard InChI is InChI=1S/C13H9FN4O2/c1-19-9-3-10(13(14)12(4-9)20-2)18-11(7-17)8(5-15)6-16/h3-4,18H,1-2H3. The van der Waals surface area contributed by atoms with E-state index in [-0.39, 0.29) is 17.1 Å². The van der Waals surface area contributed by atoms with Crippen LogP contribution < -0.4 is 14.8 Å². The Balaban J connectivity index is 3.36. The summed E-state index contributed by atoms with van der Waals surface area (Å²) in [6.07, 6.45) is 0. The van der Waals surface area contributed by atoms with E-state index in [1.54, 1.807) is 18.2 Å². The van der Waals surface area contributed by atoms with E-state index in [4.69, 9.17) is 25.3 Å². The quantitative estimate of drug-likeness (QED) is 0.842. The molecule has 0 heterocycles. The van der Waals surface area contributed by atoms with Gasteiger partial charge < -0.3 is 14.8 Å². The van der Waals surface area contributed by atoms with E-state index >= 15 is 0 Å². The van der Waals surface area contributed by atoms with Crippen molar-refractivity contribution in [2.75, 3.05) is 19.5 Å². The van der Waals surface area contributed by atoms with E-state index < -0.39 is 11.4 Å². The summed E-state index contributed by atoms with van der Waals surface area (Å²) in [5, 5.41) is 28.7. The Hall–Kier alpha value is -3.24. The molecule has 1 aromatic rings. The van der Waals surface area contributed by atoms with E-state index in [2.05, 4.69) is 5.32 Å². The van der Waals surface area contributed by atoms with Crippen molar-refractivity contribution in [3.05, 3.63) is 29.2 Å². The number of hydrogen-bond donors (Lipinski definition) is 1. The van der Waals surface area contributed by atoms with Crippen LogP contribution in [-0.2, 0) is 0 Å². The lowest BCUT2D eigenvalue weighted by Crippen LogP contribution is -2.04. The molecule has 0 aromatic heterocycles. The van der Waals surface area contributed by atoms with Crippen LogP contribution >= 0.6 is 0 Å². The molecule has 0 aliphatic heterocycles. The number of ether oxygens (including phenoxy) is 2. The van der Waals surface area contributed by atoms with Crippen molar-refractivity contribution in [1.82, 2.24) is 0 Å². The lowest BCUT2D eigenvalue weighted by molar-refractivity contribution is 0.375. The second kappa shape index (κ2) is 6.63. The highest BCUT2D eigenvalue weighted by Crippen LogP contribution is 2.31. The molecule has 0 spiro atoms. The van der Waals surface area contributed by atoms with Crippen LogP contribution in [0.4, 0.5) is 10.1 Å². The van der Waals surface area contributed by atoms with Crippen molar-refractivity contribution in [3.8, 4) is 29.7 Å². The van der Waals surface area contributed by atoms with Gasteiger partial charge in [-0.1, -0.05) is 0 Å². The van der Waals surface area contributed by atoms with Gasteiger partial charge in [0.1, 0.15) is 29.7 Å². The Bertz CT molecular complexity index is 661. The molecular weight excluding hydrogens is 263 g/mol. The summed E-state index contributed by atoms with van der Waals surface area (Å²) in [6.45, 7) is 0. The highest BCUT2D eigenvalue weighted by molar-refractivity contribution is 5.63. The molecule has 0 fully saturated rings. The van der Waals surface area contributed by atoms with Gasteiger partial charge in [0.15, 0.2) is 17.1 Å². The molecular formula is C13H9FN4O2. The van der Waals surface area contributed by atoms with Gasteiger partial charge in [-0.25, -0.2) is 4.39 Å². The third kappa shape index (κ3) is 2.95. The Morgan fingerprint density at radius 2 is 1.75 bits per heavy atom. The van der Waals surface area contributed by atoms with Gasteiger partial charge in [0, 0.05) is 12.1 Å². The first kappa shape index (κ1) is 14.8. The van der Waals surface area contributed by atoms with Gasteiger partial charge in [0.25, 0.3) is 0 Å². The first-order valence-corrected chi connectivity index (χ1v) is 5.24. The number of hydrogen-bond acceptors (Lipinski definition) is 6. The Kier molecular flexibility index (Phi) is 4.91. The van der Waals surface area contributed by atoms with Crippen molar-refractivity contribution >= 4 is 5.69 Å². The third-order valence-corrected chi connectivity index (χ3v) is 2.31. The molecule has 100 valence electrons. The van der Waals surface area contributed by atoms with Crippen LogP contribution in [0, 0.1) is 39.8 Å². The van der Waals surface area contributed by atoms with E-state index in [0.717, 1.165) is 0 Å². The lowest BCUT2D eigenvalue weighted by atomic mass is 10.2. The minimum atomic E-state index is -0.767. The molecule has 0 radical (unpaired) electrons. The average Bonchev–Trinajstić information content (AvgIpc) is 2.48. The Labute approximate surface area is 114 Å². The van der Waals surface area contributed by atoms with Gasteiger partial charge in [-0.05, 0) is 0 Å². The monoisotopic (exact) mass is 272 g/mol. The summed E-state index contributed by atoms with van der Waals surface area (Å²) in [4.78, 5) is 0. The average molecular weight is 272 g/mol. The topological polar surface area (TPSA) is 102 Å². The number of nitrogens with one attached hydrogen (secondary N) is 1. The fourth-order valence-corrected chi connectivity index (χ4v) is 1.35. The van der Waals surface area contributed by atoms with E-state index in [1.165, 1.54) is 26.4 Å². The minimum absolute atomic E-state index is 0.0976. The molecule has 0 amide bonds. The molecule has 1 rings (SSSR count). The first-order chi connectivity index (χ1) is 9.60. The van der Waals surface area contributed by atoms with Crippen molar-refractivity contribution in [2.24, 2.45) is 0 Å². The molecule has 0 saturated heterocycles. The molecule has 0 bridgehead atoms. The fourth-order valence-electron chi connectivity index (χ4n) is 1.35. The molecule has 0 saturated carbocycles. The predicted octanol–water partition coefficient (Wildman–Crippen LogP) is 2.08. The van der Waals surface area contributed by atoms with Crippen LogP contribution in [0.15, 0.2) is 23.4 Å². The summed E-state index contributed by atoms with van der Waals surface area (Å²) in [5.74, 6) is -0.575. The normalized spacial score (nSPS) is 8.60. The van der Waals surface area contributed by atoms with Crippen molar-refractivity contribution < 1.29 is 13.9 Å². The van der Waals surface area contributed by atoms with Gasteiger partial charge in [0.2, 0.25) is 0 Å². The molecule has 0 atom stereocenters. The highest BCUT2D eigenvalue weighted by Gasteiger charge is 2.15. The van der Waals surface area contributed by atoms with Gasteiger partial charge in [-0.3, -0.25) is 0 Å². The van der Waals surface area contributed by atoms with Crippen LogP contribution in [0.2, 0.25) is 0 Å². The van der Waals surface area contributed by atoms with Crippen LogP contribution in [0.5, 0.6) is 11.5 Å². The zero-order valence-corrected chi connectivity index (χ0v) is 10.7. The molecule has 1 N–H and O–H groups in total. The largest absolute Gasteiger partial charge is 0.497 e. The molecule has 20 heavy (non-hydrogen) atoms. The molecule has 0 aliphatic rings. The Morgan fingerprint density at radius 3 is 2.20 bits per heavy atom. The molecule has 0 unspecified atom stereocenters. The second-order valence-corrected chi connectivity index (χ2v) is 3.40. The zero-order chi connectivity index (χ0) is 15.1. The minimum Gasteiger partial charge on any atom is -0.497 e. The van der Waals surface area contributed by atoms with Crippen LogP contribution in [0.25, 0.3) is 0 Å². The number of halogens is 1. The number of nitriles is 3. The summed E-state index contributed by atoms with van der Waals surface area (Å²) in [5.41, 5.74) is -0.946. The number of nitrogens with zero attached hydrogens (tertiary/aromatic N) is 3. The van der Waals surface area contributed by atoms with E-state index in [1.807, 2.05) is 0 Å². The number of rotatable bonds is 4. The van der Waals surface area contributed by atoms with Gasteiger partial charge in [-0.15, -0.1) is 0 Å². The maximum absolute atomic E-state index is 14.0. The summed E-state index contributed by atoms with van der Waals surface area (Å²) >= 11 is 0. The predicted molar refractivity (Wildman–Crippen MR) is 67.0 cm³/mol. The van der Waals surface area contributed by atoms with Gasteiger partial charge in [0.05, 0.1) is 19.9 Å². The summed E-state index contributed by atoms with van der Waals surface area (Å²) < 4.78 is 23.8. The lowest BCUT2D eigenvalue weighted by Gasteiger charge is -2.11. The third-order valence-electron chi connectivity index (χ3n) is 2.31. The molecule has 1 aromatic carbocycles. The van der Waals surface area contributed by atoms with E-state index in [9.17, 15) is 4.39 Å².